The van der Waals surface area contributed by atoms with E-state index in [1.165, 1.54) is 0 Å². The fraction of sp³-hybridized carbons (Fsp3) is 0.750. The lowest BCUT2D eigenvalue weighted by Gasteiger charge is -2.36. The first kappa shape index (κ1) is 18.4. The molecule has 0 saturated heterocycles. The molecule has 5 heteroatoms. The van der Waals surface area contributed by atoms with E-state index in [9.17, 15) is 0 Å². The molecule has 0 aliphatic heterocycles. The zero-order valence-electron chi connectivity index (χ0n) is 14.5. The Morgan fingerprint density at radius 1 is 1.14 bits per heavy atom. The van der Waals surface area contributed by atoms with Crippen LogP contribution in [-0.4, -0.2) is 42.7 Å². The van der Waals surface area contributed by atoms with Crippen LogP contribution in [0, 0.1) is 24.7 Å². The summed E-state index contributed by atoms with van der Waals surface area (Å²) in [5.41, 5.74) is 0. The molecule has 0 N–H and O–H groups in total. The topological polar surface area (TPSA) is 30.9 Å². The molecule has 0 heterocycles. The van der Waals surface area contributed by atoms with Gasteiger partial charge in [-0.2, -0.15) is 0 Å². The van der Waals surface area contributed by atoms with Crippen molar-refractivity contribution in [1.82, 2.24) is 4.67 Å². The molecule has 4 nitrogen and oxygen atoms in total. The van der Waals surface area contributed by atoms with Crippen LogP contribution < -0.4 is 0 Å². The molecule has 0 radical (unpaired) electrons. The van der Waals surface area contributed by atoms with Gasteiger partial charge in [0.05, 0.1) is 19.3 Å². The first-order valence-corrected chi connectivity index (χ1v) is 8.22. The van der Waals surface area contributed by atoms with Crippen molar-refractivity contribution in [1.29, 1.82) is 0 Å². The van der Waals surface area contributed by atoms with Gasteiger partial charge in [0.15, 0.2) is 0 Å². The summed E-state index contributed by atoms with van der Waals surface area (Å²) in [6.07, 6.45) is 10.6. The molecule has 0 amide bonds. The molecular formula is C16H28NO3P. The van der Waals surface area contributed by atoms with Gasteiger partial charge in [-0.25, -0.2) is 4.67 Å². The fourth-order valence-corrected chi connectivity index (χ4v) is 3.32. The second-order valence-electron chi connectivity index (χ2n) is 5.03. The second kappa shape index (κ2) is 12.0. The minimum Gasteiger partial charge on any atom is -0.363 e. The third kappa shape index (κ3) is 9.10. The maximum absolute atomic E-state index is 7.48. The third-order valence-corrected chi connectivity index (χ3v) is 4.54. The number of hydrogen-bond acceptors (Lipinski definition) is 4. The van der Waals surface area contributed by atoms with Crippen LogP contribution in [0.1, 0.15) is 42.4 Å². The van der Waals surface area contributed by atoms with E-state index < -0.39 is 8.53 Å². The van der Waals surface area contributed by atoms with Crippen molar-refractivity contribution in [3.63, 3.8) is 0 Å². The Labute approximate surface area is 132 Å². The Morgan fingerprint density at radius 2 is 1.81 bits per heavy atom. The summed E-state index contributed by atoms with van der Waals surface area (Å²) in [6.45, 7) is 9.40. The van der Waals surface area contributed by atoms with Gasteiger partial charge in [-0.1, -0.05) is 5.92 Å². The third-order valence-electron chi connectivity index (χ3n) is 2.47. The predicted molar refractivity (Wildman–Crippen MR) is 88.6 cm³/mol. The monoisotopic (exact) mass is 314 g/mol. The van der Waals surface area contributed by atoms with E-state index in [1.807, 2.05) is 0 Å². The highest BCUT2D eigenvalue weighted by atomic mass is 31.2. The maximum Gasteiger partial charge on any atom is 0.259 e. The highest BCUT2D eigenvalue weighted by Gasteiger charge is 2.27. The molecule has 0 aromatic heterocycles. The molecule has 2 atom stereocenters. The highest BCUT2D eigenvalue weighted by Crippen LogP contribution is 2.46. The first-order chi connectivity index (χ1) is 10.5. The average molecular weight is 314 g/mol. The molecule has 0 bridgehead atoms. The summed E-state index contributed by atoms with van der Waals surface area (Å²) in [5.74, 6) is 4.96. The van der Waals surface area contributed by atoms with E-state index in [2.05, 4.69) is 44.2 Å². The SMILES string of the molecule is [2H]CC(COP(OCCC#C)N(C(C)C)C(C)C)OCC#C. The van der Waals surface area contributed by atoms with E-state index in [0.717, 1.165) is 0 Å². The van der Waals surface area contributed by atoms with Crippen LogP contribution in [0.2, 0.25) is 0 Å². The van der Waals surface area contributed by atoms with Crippen molar-refractivity contribution in [3.05, 3.63) is 0 Å². The molecule has 0 aliphatic carbocycles. The van der Waals surface area contributed by atoms with Crippen molar-refractivity contribution in [2.24, 2.45) is 0 Å². The molecule has 0 rings (SSSR count). The molecule has 0 aromatic rings. The van der Waals surface area contributed by atoms with Crippen molar-refractivity contribution >= 4 is 8.53 Å². The Bertz CT molecular complexity index is 357. The van der Waals surface area contributed by atoms with Crippen molar-refractivity contribution in [2.75, 3.05) is 19.8 Å². The van der Waals surface area contributed by atoms with Gasteiger partial charge in [-0.05, 0) is 34.6 Å². The van der Waals surface area contributed by atoms with Gasteiger partial charge in [-0.15, -0.1) is 18.8 Å². The Morgan fingerprint density at radius 3 is 2.29 bits per heavy atom. The quantitative estimate of drug-likeness (QED) is 0.332. The van der Waals surface area contributed by atoms with Crippen molar-refractivity contribution in [3.8, 4) is 24.7 Å². The minimum atomic E-state index is -1.25. The van der Waals surface area contributed by atoms with Crippen LogP contribution in [0.4, 0.5) is 0 Å². The lowest BCUT2D eigenvalue weighted by molar-refractivity contribution is 0.0441. The van der Waals surface area contributed by atoms with Crippen LogP contribution in [0.25, 0.3) is 0 Å². The summed E-state index contributed by atoms with van der Waals surface area (Å²) in [6, 6.07) is 0.552. The van der Waals surface area contributed by atoms with Gasteiger partial charge in [0.1, 0.15) is 6.61 Å². The van der Waals surface area contributed by atoms with Gasteiger partial charge < -0.3 is 13.8 Å². The Kier molecular flexibility index (Phi) is 10.5. The van der Waals surface area contributed by atoms with Crippen LogP contribution in [-0.2, 0) is 13.8 Å². The summed E-state index contributed by atoms with van der Waals surface area (Å²) in [5, 5.41) is 0. The summed E-state index contributed by atoms with van der Waals surface area (Å²) in [4.78, 5) is 0. The van der Waals surface area contributed by atoms with E-state index in [1.54, 1.807) is 0 Å². The maximum atomic E-state index is 7.48. The van der Waals surface area contributed by atoms with Crippen molar-refractivity contribution in [2.45, 2.75) is 59.2 Å². The predicted octanol–water partition coefficient (Wildman–Crippen LogP) is 3.43. The molecule has 21 heavy (non-hydrogen) atoms. The van der Waals surface area contributed by atoms with E-state index in [4.69, 9.17) is 28.0 Å². The molecule has 0 aromatic carbocycles. The van der Waals surface area contributed by atoms with Gasteiger partial charge in [0.25, 0.3) is 8.53 Å². The normalized spacial score (nSPS) is 14.8. The van der Waals surface area contributed by atoms with Crippen LogP contribution in [0.3, 0.4) is 0 Å². The molecular weight excluding hydrogens is 285 g/mol. The number of terminal acetylenes is 2. The van der Waals surface area contributed by atoms with Gasteiger partial charge >= 0.3 is 0 Å². The Balaban J connectivity index is 4.70. The average Bonchev–Trinajstić information content (AvgIpc) is 2.46. The van der Waals surface area contributed by atoms with Crippen LogP contribution in [0.15, 0.2) is 0 Å². The Hall–Kier alpha value is -0.610. The molecule has 0 fully saturated rings. The zero-order valence-corrected chi connectivity index (χ0v) is 14.4. The van der Waals surface area contributed by atoms with Gasteiger partial charge in [0, 0.05) is 19.9 Å². The molecule has 120 valence electrons. The number of rotatable bonds is 11. The standard InChI is InChI=1S/C16H28NO3P/c1-8-10-12-19-21(17(14(3)4)15(5)6)20-13-16(7)18-11-9-2/h1-2,14-16H,10-13H2,3-7H3/i7D. The van der Waals surface area contributed by atoms with Crippen LogP contribution >= 0.6 is 8.53 Å². The largest absolute Gasteiger partial charge is 0.363 e. The molecule has 0 saturated carbocycles. The smallest absolute Gasteiger partial charge is 0.259 e. The zero-order chi connectivity index (χ0) is 17.0. The second-order valence-corrected chi connectivity index (χ2v) is 6.48. The lowest BCUT2D eigenvalue weighted by atomic mass is 10.3. The number of ether oxygens (including phenoxy) is 1. The van der Waals surface area contributed by atoms with E-state index >= 15 is 0 Å². The van der Waals surface area contributed by atoms with Crippen LogP contribution in [0.5, 0.6) is 0 Å². The fourth-order valence-electron chi connectivity index (χ4n) is 1.69. The summed E-state index contributed by atoms with van der Waals surface area (Å²) in [7, 11) is -1.25. The van der Waals surface area contributed by atoms with Crippen molar-refractivity contribution < 1.29 is 15.2 Å². The number of nitrogens with zero attached hydrogens (tertiary/aromatic N) is 1. The van der Waals surface area contributed by atoms with Gasteiger partial charge in [0.2, 0.25) is 0 Å². The molecule has 0 aliphatic rings. The minimum absolute atomic E-state index is 0.0958. The van der Waals surface area contributed by atoms with E-state index in [-0.39, 0.29) is 38.3 Å². The number of hydrogen-bond donors (Lipinski definition) is 0. The highest BCUT2D eigenvalue weighted by molar-refractivity contribution is 7.44. The molecule has 0 spiro atoms. The first-order valence-electron chi connectivity index (χ1n) is 7.80. The summed E-state index contributed by atoms with van der Waals surface area (Å²) < 4.78 is 26.8. The van der Waals surface area contributed by atoms with Gasteiger partial charge in [-0.3, -0.25) is 0 Å². The van der Waals surface area contributed by atoms with E-state index in [0.29, 0.717) is 13.0 Å². The summed E-state index contributed by atoms with van der Waals surface area (Å²) >= 11 is 0. The lowest BCUT2D eigenvalue weighted by Crippen LogP contribution is -2.34. The molecule has 2 unspecified atom stereocenters.